The molecule has 3 aromatic carbocycles. The first-order valence-corrected chi connectivity index (χ1v) is 10.6. The maximum atomic E-state index is 12.4. The van der Waals surface area contributed by atoms with Gasteiger partial charge in [-0.25, -0.2) is 4.79 Å². The van der Waals surface area contributed by atoms with Gasteiger partial charge in [-0.05, 0) is 62.4 Å². The topological polar surface area (TPSA) is 87.7 Å². The van der Waals surface area contributed by atoms with Crippen LogP contribution in [0, 0.1) is 0 Å². The van der Waals surface area contributed by atoms with Crippen LogP contribution in [0.2, 0.25) is 0 Å². The predicted octanol–water partition coefficient (Wildman–Crippen LogP) is 6.10. The first-order chi connectivity index (χ1) is 15.9. The van der Waals surface area contributed by atoms with E-state index in [4.69, 9.17) is 19.9 Å². The number of hydrogen-bond acceptors (Lipinski definition) is 5. The second-order valence-electron chi connectivity index (χ2n) is 7.88. The molecule has 4 aromatic rings. The summed E-state index contributed by atoms with van der Waals surface area (Å²) < 4.78 is 18.1. The lowest BCUT2D eigenvalue weighted by atomic mass is 10.1. The third-order valence-corrected chi connectivity index (χ3v) is 5.42. The first-order valence-electron chi connectivity index (χ1n) is 10.6. The van der Waals surface area contributed by atoms with E-state index in [0.29, 0.717) is 22.9 Å². The predicted molar refractivity (Wildman–Crippen MR) is 131 cm³/mol. The lowest BCUT2D eigenvalue weighted by Crippen LogP contribution is -2.16. The number of amides is 1. The number of aromatic nitrogens is 1. The summed E-state index contributed by atoms with van der Waals surface area (Å²) in [5.74, 6) is 1.87. The summed E-state index contributed by atoms with van der Waals surface area (Å²) in [6.07, 6.45) is -0.584. The van der Waals surface area contributed by atoms with Crippen molar-refractivity contribution in [1.82, 2.24) is 4.57 Å². The van der Waals surface area contributed by atoms with Gasteiger partial charge in [0.1, 0.15) is 17.2 Å². The number of nitrogens with zero attached hydrogens (tertiary/aromatic N) is 1. The average Bonchev–Trinajstić information content (AvgIpc) is 3.11. The summed E-state index contributed by atoms with van der Waals surface area (Å²) in [7, 11) is 3.23. The number of hydrogen-bond donors (Lipinski definition) is 2. The molecule has 1 aromatic heterocycles. The maximum absolute atomic E-state index is 12.4. The van der Waals surface area contributed by atoms with Gasteiger partial charge in [-0.1, -0.05) is 12.1 Å². The Bertz CT molecular complexity index is 1290. The Labute approximate surface area is 192 Å². The van der Waals surface area contributed by atoms with Crippen LogP contribution in [-0.4, -0.2) is 24.9 Å². The Balaban J connectivity index is 1.65. The highest BCUT2D eigenvalue weighted by molar-refractivity contribution is 6.02. The Kier molecular flexibility index (Phi) is 6.13. The highest BCUT2D eigenvalue weighted by Gasteiger charge is 2.19. The van der Waals surface area contributed by atoms with Crippen LogP contribution in [0.1, 0.15) is 19.9 Å². The van der Waals surface area contributed by atoms with Gasteiger partial charge in [0.05, 0.1) is 31.1 Å². The molecule has 0 spiro atoms. The molecule has 0 unspecified atom stereocenters. The number of nitrogen functional groups attached to an aromatic ring is 1. The molecule has 0 aliphatic rings. The minimum absolute atomic E-state index is 0.156. The second kappa shape index (κ2) is 9.16. The Morgan fingerprint density at radius 3 is 2.24 bits per heavy atom. The zero-order valence-electron chi connectivity index (χ0n) is 19.1. The molecule has 0 radical (unpaired) electrons. The van der Waals surface area contributed by atoms with Crippen molar-refractivity contribution in [3.63, 3.8) is 0 Å². The van der Waals surface area contributed by atoms with Crippen molar-refractivity contribution in [1.29, 1.82) is 0 Å². The quantitative estimate of drug-likeness (QED) is 0.374. The van der Waals surface area contributed by atoms with E-state index in [-0.39, 0.29) is 6.04 Å². The molecular formula is C26H27N3O4. The smallest absolute Gasteiger partial charge is 0.417 e. The summed E-state index contributed by atoms with van der Waals surface area (Å²) in [6.45, 7) is 4.21. The number of nitrogens with two attached hydrogens (primary N) is 1. The zero-order valence-corrected chi connectivity index (χ0v) is 19.1. The van der Waals surface area contributed by atoms with E-state index in [1.165, 1.54) is 0 Å². The van der Waals surface area contributed by atoms with Crippen LogP contribution in [0.4, 0.5) is 16.2 Å². The van der Waals surface area contributed by atoms with E-state index in [0.717, 1.165) is 27.9 Å². The molecule has 1 heterocycles. The molecule has 7 nitrogen and oxygen atoms in total. The third kappa shape index (κ3) is 4.43. The van der Waals surface area contributed by atoms with E-state index < -0.39 is 6.09 Å². The molecule has 0 fully saturated rings. The van der Waals surface area contributed by atoms with E-state index in [2.05, 4.69) is 23.7 Å². The molecule has 0 saturated heterocycles. The standard InChI is InChI=1S/C26H27N3O4/c1-16(2)29-23-15-21(32-4)12-13-22(23)24(27)25(29)17-6-5-7-18(14-17)28-26(30)33-20-10-8-19(31-3)9-11-20/h5-16H,27H2,1-4H3,(H,28,30). The van der Waals surface area contributed by atoms with Gasteiger partial charge >= 0.3 is 6.09 Å². The van der Waals surface area contributed by atoms with Crippen LogP contribution in [0.3, 0.4) is 0 Å². The number of nitrogens with one attached hydrogen (secondary N) is 1. The van der Waals surface area contributed by atoms with Crippen molar-refractivity contribution < 1.29 is 19.0 Å². The number of ether oxygens (including phenoxy) is 3. The zero-order chi connectivity index (χ0) is 23.5. The first kappa shape index (κ1) is 22.1. The van der Waals surface area contributed by atoms with Crippen LogP contribution in [0.15, 0.2) is 66.7 Å². The summed E-state index contributed by atoms with van der Waals surface area (Å²) in [6, 6.07) is 20.4. The van der Waals surface area contributed by atoms with Crippen molar-refractivity contribution in [2.45, 2.75) is 19.9 Å². The Morgan fingerprint density at radius 1 is 0.909 bits per heavy atom. The molecule has 1 amide bonds. The highest BCUT2D eigenvalue weighted by Crippen LogP contribution is 2.40. The lowest BCUT2D eigenvalue weighted by molar-refractivity contribution is 0.215. The number of carbonyl (C=O) groups is 1. The maximum Gasteiger partial charge on any atom is 0.417 e. The number of methoxy groups -OCH3 is 2. The van der Waals surface area contributed by atoms with E-state index >= 15 is 0 Å². The van der Waals surface area contributed by atoms with Gasteiger partial charge in [-0.15, -0.1) is 0 Å². The van der Waals surface area contributed by atoms with Crippen LogP contribution in [0.25, 0.3) is 22.2 Å². The van der Waals surface area contributed by atoms with Gasteiger partial charge in [0.15, 0.2) is 0 Å². The van der Waals surface area contributed by atoms with E-state index in [1.54, 1.807) is 44.6 Å². The number of rotatable bonds is 6. The summed E-state index contributed by atoms with van der Waals surface area (Å²) in [5, 5.41) is 3.74. The van der Waals surface area contributed by atoms with Gasteiger partial charge < -0.3 is 24.5 Å². The van der Waals surface area contributed by atoms with Crippen molar-refractivity contribution in [3.05, 3.63) is 66.7 Å². The van der Waals surface area contributed by atoms with E-state index in [9.17, 15) is 4.79 Å². The molecule has 4 rings (SSSR count). The second-order valence-corrected chi connectivity index (χ2v) is 7.88. The van der Waals surface area contributed by atoms with Crippen LogP contribution < -0.4 is 25.3 Å². The molecule has 0 aliphatic carbocycles. The summed E-state index contributed by atoms with van der Waals surface area (Å²) >= 11 is 0. The van der Waals surface area contributed by atoms with Crippen molar-refractivity contribution in [3.8, 4) is 28.5 Å². The van der Waals surface area contributed by atoms with Crippen molar-refractivity contribution in [2.75, 3.05) is 25.3 Å². The minimum atomic E-state index is -0.584. The van der Waals surface area contributed by atoms with Gasteiger partial charge in [0, 0.05) is 28.7 Å². The number of fused-ring (bicyclic) bond motifs is 1. The van der Waals surface area contributed by atoms with Crippen molar-refractivity contribution >= 4 is 28.4 Å². The molecule has 0 bridgehead atoms. The molecule has 0 aliphatic heterocycles. The largest absolute Gasteiger partial charge is 0.497 e. The molecule has 33 heavy (non-hydrogen) atoms. The van der Waals surface area contributed by atoms with Crippen LogP contribution in [0.5, 0.6) is 17.2 Å². The van der Waals surface area contributed by atoms with Crippen LogP contribution in [-0.2, 0) is 0 Å². The summed E-state index contributed by atoms with van der Waals surface area (Å²) in [4.78, 5) is 12.4. The van der Waals surface area contributed by atoms with Gasteiger partial charge in [-0.3, -0.25) is 5.32 Å². The highest BCUT2D eigenvalue weighted by atomic mass is 16.6. The lowest BCUT2D eigenvalue weighted by Gasteiger charge is -2.16. The SMILES string of the molecule is COc1ccc(OC(=O)Nc2cccc(-c3c(N)c4ccc(OC)cc4n3C(C)C)c2)cc1. The van der Waals surface area contributed by atoms with E-state index in [1.807, 2.05) is 36.4 Å². The third-order valence-electron chi connectivity index (χ3n) is 5.42. The van der Waals surface area contributed by atoms with Crippen LogP contribution >= 0.6 is 0 Å². The normalized spacial score (nSPS) is 10.9. The molecule has 3 N–H and O–H groups in total. The number of carbonyl (C=O) groups excluding carboxylic acids is 1. The number of anilines is 2. The monoisotopic (exact) mass is 445 g/mol. The average molecular weight is 446 g/mol. The fraction of sp³-hybridized carbons (Fsp3) is 0.192. The molecule has 0 saturated carbocycles. The molecule has 0 atom stereocenters. The summed E-state index contributed by atoms with van der Waals surface area (Å²) in [5.41, 5.74) is 10.6. The van der Waals surface area contributed by atoms with Gasteiger partial charge in [-0.2, -0.15) is 0 Å². The fourth-order valence-electron chi connectivity index (χ4n) is 3.91. The number of benzene rings is 3. The molecule has 170 valence electrons. The molecular weight excluding hydrogens is 418 g/mol. The van der Waals surface area contributed by atoms with Gasteiger partial charge in [0.2, 0.25) is 0 Å². The Morgan fingerprint density at radius 2 is 1.58 bits per heavy atom. The van der Waals surface area contributed by atoms with Crippen molar-refractivity contribution in [2.24, 2.45) is 0 Å². The molecule has 7 heteroatoms. The van der Waals surface area contributed by atoms with Gasteiger partial charge in [0.25, 0.3) is 0 Å². The Hall–Kier alpha value is -4.13. The minimum Gasteiger partial charge on any atom is -0.497 e. The fourth-order valence-corrected chi connectivity index (χ4v) is 3.91.